The first-order chi connectivity index (χ1) is 14.5. The van der Waals surface area contributed by atoms with Gasteiger partial charge in [-0.2, -0.15) is 0 Å². The second kappa shape index (κ2) is 8.42. The summed E-state index contributed by atoms with van der Waals surface area (Å²) in [5.74, 6) is 1.57. The number of benzene rings is 1. The highest BCUT2D eigenvalue weighted by molar-refractivity contribution is 5.68. The van der Waals surface area contributed by atoms with Crippen molar-refractivity contribution in [3.8, 4) is 17.1 Å². The Hall–Kier alpha value is -2.95. The number of ether oxygens (including phenoxy) is 1. The van der Waals surface area contributed by atoms with Crippen LogP contribution in [0.5, 0.6) is 5.88 Å². The monoisotopic (exact) mass is 402 g/mol. The van der Waals surface area contributed by atoms with Crippen LogP contribution in [0.3, 0.4) is 0 Å². The molecule has 0 unspecified atom stereocenters. The number of fused-ring (bicyclic) bond motifs is 1. The molecule has 2 atom stereocenters. The zero-order valence-electron chi connectivity index (χ0n) is 18.5. The number of hydrogen-bond donors (Lipinski definition) is 1. The zero-order valence-corrected chi connectivity index (χ0v) is 18.5. The van der Waals surface area contributed by atoms with Crippen molar-refractivity contribution in [2.24, 2.45) is 0 Å². The summed E-state index contributed by atoms with van der Waals surface area (Å²) in [5, 5.41) is 3.66. The molecule has 0 bridgehead atoms. The van der Waals surface area contributed by atoms with Crippen molar-refractivity contribution in [2.45, 2.75) is 66.0 Å². The van der Waals surface area contributed by atoms with E-state index in [9.17, 15) is 0 Å². The van der Waals surface area contributed by atoms with Crippen molar-refractivity contribution < 1.29 is 4.74 Å². The highest BCUT2D eigenvalue weighted by Gasteiger charge is 2.35. The second-order valence-electron chi connectivity index (χ2n) is 7.92. The SMILES string of the molecule is CCc1nc(-c2ccc(C)cc2C)c(CC)nc1N[C@@H]1c2cccnc2O[C@@H]1CC. The minimum absolute atomic E-state index is 0.0231. The Labute approximate surface area is 179 Å². The summed E-state index contributed by atoms with van der Waals surface area (Å²) in [6, 6.07) is 10.6. The van der Waals surface area contributed by atoms with Gasteiger partial charge in [-0.1, -0.05) is 44.5 Å². The maximum atomic E-state index is 6.07. The molecule has 30 heavy (non-hydrogen) atoms. The van der Waals surface area contributed by atoms with Gasteiger partial charge in [0.2, 0.25) is 5.88 Å². The molecule has 2 aromatic heterocycles. The van der Waals surface area contributed by atoms with Crippen molar-refractivity contribution in [2.75, 3.05) is 5.32 Å². The molecule has 0 saturated carbocycles. The van der Waals surface area contributed by atoms with Crippen molar-refractivity contribution in [1.82, 2.24) is 15.0 Å². The maximum Gasteiger partial charge on any atom is 0.219 e. The Morgan fingerprint density at radius 2 is 1.80 bits per heavy atom. The molecular weight excluding hydrogens is 372 g/mol. The van der Waals surface area contributed by atoms with Crippen LogP contribution < -0.4 is 10.1 Å². The molecule has 1 aliphatic heterocycles. The van der Waals surface area contributed by atoms with Gasteiger partial charge in [0.1, 0.15) is 11.9 Å². The predicted molar refractivity (Wildman–Crippen MR) is 121 cm³/mol. The first-order valence-electron chi connectivity index (χ1n) is 10.9. The highest BCUT2D eigenvalue weighted by atomic mass is 16.5. The van der Waals surface area contributed by atoms with Crippen LogP contribution in [0.25, 0.3) is 11.3 Å². The number of aromatic nitrogens is 3. The van der Waals surface area contributed by atoms with Crippen molar-refractivity contribution in [1.29, 1.82) is 0 Å². The molecule has 3 heterocycles. The number of nitrogens with one attached hydrogen (secondary N) is 1. The summed E-state index contributed by atoms with van der Waals surface area (Å²) in [6.45, 7) is 10.7. The zero-order chi connectivity index (χ0) is 21.3. The van der Waals surface area contributed by atoms with E-state index in [4.69, 9.17) is 14.7 Å². The van der Waals surface area contributed by atoms with E-state index in [1.807, 2.05) is 6.07 Å². The smallest absolute Gasteiger partial charge is 0.219 e. The molecule has 156 valence electrons. The summed E-state index contributed by atoms with van der Waals surface area (Å²) in [7, 11) is 0. The minimum Gasteiger partial charge on any atom is -0.472 e. The van der Waals surface area contributed by atoms with E-state index in [0.717, 1.165) is 59.2 Å². The van der Waals surface area contributed by atoms with Crippen LogP contribution >= 0.6 is 0 Å². The molecular formula is C25H30N4O. The fraction of sp³-hybridized carbons (Fsp3) is 0.400. The van der Waals surface area contributed by atoms with E-state index in [1.165, 1.54) is 11.1 Å². The summed E-state index contributed by atoms with van der Waals surface area (Å²) < 4.78 is 6.07. The van der Waals surface area contributed by atoms with Crippen LogP contribution in [0, 0.1) is 13.8 Å². The first kappa shape index (κ1) is 20.3. The molecule has 0 fully saturated rings. The summed E-state index contributed by atoms with van der Waals surface area (Å²) >= 11 is 0. The third kappa shape index (κ3) is 3.64. The van der Waals surface area contributed by atoms with Gasteiger partial charge in [-0.05, 0) is 50.8 Å². The number of nitrogens with zero attached hydrogens (tertiary/aromatic N) is 3. The summed E-state index contributed by atoms with van der Waals surface area (Å²) in [4.78, 5) is 14.5. The number of pyridine rings is 1. The number of aryl methyl sites for hydroxylation is 4. The molecule has 5 heteroatoms. The Kier molecular flexibility index (Phi) is 5.71. The lowest BCUT2D eigenvalue weighted by Crippen LogP contribution is -2.25. The average Bonchev–Trinajstić information content (AvgIpc) is 3.11. The van der Waals surface area contributed by atoms with Crippen LogP contribution in [0.1, 0.15) is 61.3 Å². The van der Waals surface area contributed by atoms with E-state index in [1.54, 1.807) is 6.20 Å². The summed E-state index contributed by atoms with van der Waals surface area (Å²) in [6.07, 6.45) is 4.33. The van der Waals surface area contributed by atoms with Gasteiger partial charge in [-0.25, -0.2) is 15.0 Å². The van der Waals surface area contributed by atoms with Crippen molar-refractivity contribution in [3.05, 3.63) is 64.6 Å². The van der Waals surface area contributed by atoms with E-state index in [0.29, 0.717) is 0 Å². The quantitative estimate of drug-likeness (QED) is 0.581. The minimum atomic E-state index is 0.0231. The topological polar surface area (TPSA) is 59.9 Å². The average molecular weight is 403 g/mol. The van der Waals surface area contributed by atoms with E-state index < -0.39 is 0 Å². The lowest BCUT2D eigenvalue weighted by atomic mass is 10.00. The van der Waals surface area contributed by atoms with E-state index in [2.05, 4.69) is 69.2 Å². The van der Waals surface area contributed by atoms with Gasteiger partial charge in [0.05, 0.1) is 23.1 Å². The second-order valence-corrected chi connectivity index (χ2v) is 7.92. The van der Waals surface area contributed by atoms with Gasteiger partial charge in [0.25, 0.3) is 0 Å². The fourth-order valence-electron chi connectivity index (χ4n) is 4.20. The van der Waals surface area contributed by atoms with Gasteiger partial charge < -0.3 is 10.1 Å². The third-order valence-corrected chi connectivity index (χ3v) is 5.81. The molecule has 5 nitrogen and oxygen atoms in total. The maximum absolute atomic E-state index is 6.07. The Morgan fingerprint density at radius 3 is 2.50 bits per heavy atom. The Bertz CT molecular complexity index is 1060. The van der Waals surface area contributed by atoms with Gasteiger partial charge in [0, 0.05) is 17.3 Å². The van der Waals surface area contributed by atoms with Gasteiger partial charge in [-0.15, -0.1) is 0 Å². The van der Waals surface area contributed by atoms with Crippen LogP contribution in [0.2, 0.25) is 0 Å². The van der Waals surface area contributed by atoms with Crippen LogP contribution in [0.15, 0.2) is 36.5 Å². The lowest BCUT2D eigenvalue weighted by Gasteiger charge is -2.22. The van der Waals surface area contributed by atoms with Crippen LogP contribution in [0.4, 0.5) is 5.82 Å². The number of hydrogen-bond acceptors (Lipinski definition) is 5. The van der Waals surface area contributed by atoms with Gasteiger partial charge in [-0.3, -0.25) is 0 Å². The van der Waals surface area contributed by atoms with E-state index >= 15 is 0 Å². The Balaban J connectivity index is 1.76. The third-order valence-electron chi connectivity index (χ3n) is 5.81. The normalized spacial score (nSPS) is 17.5. The van der Waals surface area contributed by atoms with Crippen molar-refractivity contribution >= 4 is 5.82 Å². The molecule has 0 saturated heterocycles. The molecule has 0 aliphatic carbocycles. The number of anilines is 1. The molecule has 0 spiro atoms. The molecule has 4 rings (SSSR count). The van der Waals surface area contributed by atoms with Crippen LogP contribution in [-0.2, 0) is 12.8 Å². The van der Waals surface area contributed by atoms with Gasteiger partial charge >= 0.3 is 0 Å². The highest BCUT2D eigenvalue weighted by Crippen LogP contribution is 2.39. The largest absolute Gasteiger partial charge is 0.472 e. The number of rotatable bonds is 6. The standard InChI is InChI=1S/C25H30N4O/c1-6-19-22(17-12-11-15(4)14-16(17)5)27-20(7-2)24(28-19)29-23-18-10-9-13-26-25(18)30-21(23)8-3/h9-14,21,23H,6-8H2,1-5H3,(H,28,29)/t21-,23-/m1/s1. The molecule has 1 N–H and O–H groups in total. The fourth-order valence-corrected chi connectivity index (χ4v) is 4.20. The lowest BCUT2D eigenvalue weighted by molar-refractivity contribution is 0.202. The molecule has 1 aromatic carbocycles. The Morgan fingerprint density at radius 1 is 1.00 bits per heavy atom. The predicted octanol–water partition coefficient (Wildman–Crippen LogP) is 5.60. The van der Waals surface area contributed by atoms with Crippen LogP contribution in [-0.4, -0.2) is 21.1 Å². The summed E-state index contributed by atoms with van der Waals surface area (Å²) in [5.41, 5.74) is 7.73. The van der Waals surface area contributed by atoms with Gasteiger partial charge in [0.15, 0.2) is 0 Å². The molecule has 0 radical (unpaired) electrons. The first-order valence-corrected chi connectivity index (χ1v) is 10.9. The molecule has 0 amide bonds. The van der Waals surface area contributed by atoms with Crippen molar-refractivity contribution in [3.63, 3.8) is 0 Å². The molecule has 1 aliphatic rings. The molecule has 3 aromatic rings. The van der Waals surface area contributed by atoms with E-state index in [-0.39, 0.29) is 12.1 Å².